The summed E-state index contributed by atoms with van der Waals surface area (Å²) < 4.78 is 12.0. The van der Waals surface area contributed by atoms with Crippen molar-refractivity contribution in [3.8, 4) is 6.07 Å². The van der Waals surface area contributed by atoms with Gasteiger partial charge in [-0.05, 0) is 55.3 Å². The predicted molar refractivity (Wildman–Crippen MR) is 98.3 cm³/mol. The summed E-state index contributed by atoms with van der Waals surface area (Å²) in [5.74, 6) is 0.767. The lowest BCUT2D eigenvalue weighted by Gasteiger charge is -2.59. The number of hydrogen-bond donors (Lipinski definition) is 2. The number of nitriles is 1. The molecule has 0 aromatic heterocycles. The van der Waals surface area contributed by atoms with Crippen molar-refractivity contribution in [2.75, 3.05) is 13.2 Å². The molecule has 5 heteroatoms. The molecule has 27 heavy (non-hydrogen) atoms. The van der Waals surface area contributed by atoms with Crippen LogP contribution in [0, 0.1) is 39.9 Å². The summed E-state index contributed by atoms with van der Waals surface area (Å²) in [5, 5.41) is 31.2. The van der Waals surface area contributed by atoms with Crippen LogP contribution in [-0.4, -0.2) is 40.9 Å². The van der Waals surface area contributed by atoms with Gasteiger partial charge in [-0.3, -0.25) is 0 Å². The van der Waals surface area contributed by atoms with Gasteiger partial charge in [-0.1, -0.05) is 25.5 Å². The van der Waals surface area contributed by atoms with Crippen molar-refractivity contribution in [3.63, 3.8) is 0 Å². The Morgan fingerprint density at radius 2 is 1.89 bits per heavy atom. The first-order chi connectivity index (χ1) is 12.8. The van der Waals surface area contributed by atoms with Crippen molar-refractivity contribution in [2.24, 2.45) is 28.6 Å². The quantitative estimate of drug-likeness (QED) is 0.504. The Morgan fingerprint density at radius 1 is 1.15 bits per heavy atom. The number of nitrogens with zero attached hydrogens (tertiary/aromatic N) is 1. The van der Waals surface area contributed by atoms with Crippen LogP contribution in [0.2, 0.25) is 0 Å². The van der Waals surface area contributed by atoms with Gasteiger partial charge in [0, 0.05) is 18.3 Å². The van der Waals surface area contributed by atoms with E-state index in [9.17, 15) is 15.5 Å². The minimum Gasteiger partial charge on any atom is -0.389 e. The molecule has 4 fully saturated rings. The molecule has 3 saturated carbocycles. The van der Waals surface area contributed by atoms with E-state index < -0.39 is 22.9 Å². The number of allylic oxidation sites excluding steroid dienone is 1. The number of fused-ring (bicyclic) bond motifs is 5. The highest BCUT2D eigenvalue weighted by molar-refractivity contribution is 5.30. The average molecular weight is 373 g/mol. The van der Waals surface area contributed by atoms with E-state index in [1.807, 2.05) is 6.92 Å². The van der Waals surface area contributed by atoms with Gasteiger partial charge in [0.05, 0.1) is 19.3 Å². The minimum absolute atomic E-state index is 0.142. The second-order valence-corrected chi connectivity index (χ2v) is 10.1. The van der Waals surface area contributed by atoms with Crippen LogP contribution in [-0.2, 0) is 9.47 Å². The maximum atomic E-state index is 11.0. The number of ether oxygens (including phenoxy) is 2. The minimum atomic E-state index is -1.62. The van der Waals surface area contributed by atoms with Crippen LogP contribution in [0.25, 0.3) is 0 Å². The summed E-state index contributed by atoms with van der Waals surface area (Å²) in [7, 11) is 0. The summed E-state index contributed by atoms with van der Waals surface area (Å²) in [6, 6.07) is 2.08. The molecule has 4 aliphatic carbocycles. The maximum Gasteiger partial charge on any atom is 0.182 e. The molecule has 7 atom stereocenters. The highest BCUT2D eigenvalue weighted by Gasteiger charge is 2.68. The van der Waals surface area contributed by atoms with E-state index in [-0.39, 0.29) is 11.3 Å². The Labute approximate surface area is 161 Å². The number of aliphatic hydroxyl groups is 2. The molecule has 0 aromatic carbocycles. The fraction of sp³-hybridized carbons (Fsp3) is 0.864. The topological polar surface area (TPSA) is 82.7 Å². The Hall–Kier alpha value is -0.930. The van der Waals surface area contributed by atoms with Crippen LogP contribution < -0.4 is 0 Å². The molecular weight excluding hydrogens is 342 g/mol. The van der Waals surface area contributed by atoms with Gasteiger partial charge in [-0.25, -0.2) is 0 Å². The largest absolute Gasteiger partial charge is 0.389 e. The van der Waals surface area contributed by atoms with E-state index in [1.165, 1.54) is 5.57 Å². The molecule has 0 unspecified atom stereocenters. The van der Waals surface area contributed by atoms with E-state index in [2.05, 4.69) is 19.1 Å². The van der Waals surface area contributed by atoms with Crippen molar-refractivity contribution in [3.05, 3.63) is 11.6 Å². The monoisotopic (exact) mass is 373 g/mol. The third-order valence-corrected chi connectivity index (χ3v) is 9.31. The van der Waals surface area contributed by atoms with Gasteiger partial charge in [-0.2, -0.15) is 5.26 Å². The van der Waals surface area contributed by atoms with E-state index in [4.69, 9.17) is 9.47 Å². The first kappa shape index (κ1) is 18.1. The van der Waals surface area contributed by atoms with Gasteiger partial charge < -0.3 is 19.7 Å². The summed E-state index contributed by atoms with van der Waals surface area (Å²) in [4.78, 5) is 0. The van der Waals surface area contributed by atoms with Crippen LogP contribution in [0.15, 0.2) is 11.6 Å². The Bertz CT molecular complexity index is 722. The highest BCUT2D eigenvalue weighted by Crippen LogP contribution is 2.67. The number of aliphatic hydroxyl groups excluding tert-OH is 1. The first-order valence-corrected chi connectivity index (χ1v) is 10.6. The Balaban J connectivity index is 1.48. The standard InChI is InChI=1S/C22H31NO4/c1-19-7-8-21(26-9-10-27-21)12-14(19)3-4-15-16(19)5-6-20(2)17(15)11-18(24)22(20,25)13-23/h3,15-18,24-25H,4-12H2,1-2H3/t15-,16+,17-,18-,19+,20-,22-/m1/s1. The molecule has 0 bridgehead atoms. The molecule has 5 nitrogen and oxygen atoms in total. The molecular formula is C22H31NO4. The fourth-order valence-corrected chi connectivity index (χ4v) is 7.57. The molecule has 1 aliphatic heterocycles. The predicted octanol–water partition coefficient (Wildman–Crippen LogP) is 2.92. The molecule has 0 radical (unpaired) electrons. The van der Waals surface area contributed by atoms with Crippen molar-refractivity contribution in [1.29, 1.82) is 5.26 Å². The summed E-state index contributed by atoms with van der Waals surface area (Å²) in [6.07, 6.45) is 7.67. The second kappa shape index (κ2) is 5.57. The van der Waals surface area contributed by atoms with Gasteiger partial charge in [0.15, 0.2) is 11.4 Å². The summed E-state index contributed by atoms with van der Waals surface area (Å²) >= 11 is 0. The normalized spacial score (nSPS) is 53.2. The first-order valence-electron chi connectivity index (χ1n) is 10.6. The van der Waals surface area contributed by atoms with Crippen LogP contribution in [0.5, 0.6) is 0 Å². The van der Waals surface area contributed by atoms with Gasteiger partial charge in [0.25, 0.3) is 0 Å². The Kier molecular flexibility index (Phi) is 3.74. The third-order valence-electron chi connectivity index (χ3n) is 9.31. The van der Waals surface area contributed by atoms with Gasteiger partial charge >= 0.3 is 0 Å². The molecule has 1 saturated heterocycles. The maximum absolute atomic E-state index is 11.0. The van der Waals surface area contributed by atoms with E-state index in [1.54, 1.807) is 0 Å². The third kappa shape index (κ3) is 2.13. The van der Waals surface area contributed by atoms with Crippen molar-refractivity contribution in [1.82, 2.24) is 0 Å². The molecule has 0 amide bonds. The molecule has 1 heterocycles. The highest BCUT2D eigenvalue weighted by atomic mass is 16.7. The Morgan fingerprint density at radius 3 is 2.59 bits per heavy atom. The van der Waals surface area contributed by atoms with E-state index >= 15 is 0 Å². The molecule has 0 aromatic rings. The van der Waals surface area contributed by atoms with Gasteiger partial charge in [-0.15, -0.1) is 0 Å². The SMILES string of the molecule is C[C@]12CCC3(CC1=CC[C@H]1[C@H]4C[C@@H](O)[C@](O)(C#N)[C@]4(C)CC[C@@H]12)OCCO3. The van der Waals surface area contributed by atoms with Crippen LogP contribution in [0.3, 0.4) is 0 Å². The summed E-state index contributed by atoms with van der Waals surface area (Å²) in [6.45, 7) is 5.83. The number of hydrogen-bond acceptors (Lipinski definition) is 5. The summed E-state index contributed by atoms with van der Waals surface area (Å²) in [5.41, 5.74) is -0.509. The molecule has 2 N–H and O–H groups in total. The smallest absolute Gasteiger partial charge is 0.182 e. The van der Waals surface area contributed by atoms with Crippen molar-refractivity contribution < 1.29 is 19.7 Å². The zero-order valence-electron chi connectivity index (χ0n) is 16.4. The van der Waals surface area contributed by atoms with Crippen molar-refractivity contribution >= 4 is 0 Å². The fourth-order valence-electron chi connectivity index (χ4n) is 7.57. The molecule has 5 aliphatic rings. The van der Waals surface area contributed by atoms with Crippen LogP contribution >= 0.6 is 0 Å². The number of rotatable bonds is 0. The van der Waals surface area contributed by atoms with Crippen LogP contribution in [0.4, 0.5) is 0 Å². The molecule has 1 spiro atoms. The molecule has 148 valence electrons. The lowest BCUT2D eigenvalue weighted by molar-refractivity contribution is -0.187. The van der Waals surface area contributed by atoms with Gasteiger partial charge in [0.2, 0.25) is 0 Å². The molecule has 5 rings (SSSR count). The van der Waals surface area contributed by atoms with Crippen molar-refractivity contribution in [2.45, 2.75) is 76.3 Å². The van der Waals surface area contributed by atoms with Crippen LogP contribution in [0.1, 0.15) is 58.8 Å². The average Bonchev–Trinajstić information content (AvgIpc) is 3.19. The lowest BCUT2D eigenvalue weighted by atomic mass is 9.47. The van der Waals surface area contributed by atoms with Gasteiger partial charge in [0.1, 0.15) is 6.07 Å². The zero-order valence-corrected chi connectivity index (χ0v) is 16.4. The van der Waals surface area contributed by atoms with E-state index in [0.29, 0.717) is 31.5 Å². The lowest BCUT2D eigenvalue weighted by Crippen LogP contribution is -2.56. The zero-order chi connectivity index (χ0) is 19.1. The van der Waals surface area contributed by atoms with E-state index in [0.717, 1.165) is 38.5 Å². The second-order valence-electron chi connectivity index (χ2n) is 10.1.